The number of nitrogens with two attached hydrogens (primary N) is 1. The van der Waals surface area contributed by atoms with Gasteiger partial charge in [-0.15, -0.1) is 0 Å². The Hall–Kier alpha value is -5.07. The number of hydrogen-bond acceptors (Lipinski definition) is 6. The standard InChI is InChI=1S/C28H23F4N7O2/c1-15(40)38(3)39(14-19-5-4-16(11-22(19)29)18-7-9-24(34-12-18)28(30,31)32)27(41)17-6-8-23-20(10-17)25-21(26(33)36-23)13-35-37(25)2/h4-13H,14H2,1-3H3,(H2,33,36). The molecule has 13 heteroatoms. The molecule has 0 aliphatic carbocycles. The lowest BCUT2D eigenvalue weighted by molar-refractivity contribution is -0.141. The molecule has 5 aromatic rings. The number of alkyl halides is 3. The highest BCUT2D eigenvalue weighted by Gasteiger charge is 2.32. The number of nitrogen functional groups attached to an aromatic ring is 1. The Labute approximate surface area is 230 Å². The predicted molar refractivity (Wildman–Crippen MR) is 143 cm³/mol. The van der Waals surface area contributed by atoms with Gasteiger partial charge in [0, 0.05) is 49.3 Å². The van der Waals surface area contributed by atoms with E-state index in [0.29, 0.717) is 33.2 Å². The summed E-state index contributed by atoms with van der Waals surface area (Å²) in [5.41, 5.74) is 7.09. The molecule has 9 nitrogen and oxygen atoms in total. The van der Waals surface area contributed by atoms with Crippen molar-refractivity contribution in [1.29, 1.82) is 0 Å². The maximum absolute atomic E-state index is 15.3. The Morgan fingerprint density at radius 1 is 1.00 bits per heavy atom. The molecule has 3 aromatic heterocycles. The van der Waals surface area contributed by atoms with Gasteiger partial charge in [0.15, 0.2) is 0 Å². The second kappa shape index (κ2) is 10.2. The molecule has 0 aliphatic heterocycles. The summed E-state index contributed by atoms with van der Waals surface area (Å²) in [6, 6.07) is 10.9. The molecule has 0 saturated carbocycles. The van der Waals surface area contributed by atoms with E-state index in [-0.39, 0.29) is 23.2 Å². The van der Waals surface area contributed by atoms with E-state index >= 15 is 4.39 Å². The second-order valence-electron chi connectivity index (χ2n) is 9.40. The minimum absolute atomic E-state index is 0.0827. The highest BCUT2D eigenvalue weighted by atomic mass is 19.4. The van der Waals surface area contributed by atoms with Gasteiger partial charge >= 0.3 is 6.18 Å². The average molecular weight is 566 g/mol. The van der Waals surface area contributed by atoms with Gasteiger partial charge < -0.3 is 5.73 Å². The van der Waals surface area contributed by atoms with E-state index < -0.39 is 29.5 Å². The van der Waals surface area contributed by atoms with Crippen LogP contribution in [0.5, 0.6) is 0 Å². The summed E-state index contributed by atoms with van der Waals surface area (Å²) in [5, 5.41) is 7.65. The summed E-state index contributed by atoms with van der Waals surface area (Å²) in [7, 11) is 3.13. The van der Waals surface area contributed by atoms with Crippen LogP contribution in [0.1, 0.15) is 28.5 Å². The number of halogens is 4. The number of amides is 2. The molecule has 0 unspecified atom stereocenters. The third-order valence-corrected chi connectivity index (χ3v) is 6.77. The van der Waals surface area contributed by atoms with Gasteiger partial charge in [0.05, 0.1) is 29.2 Å². The average Bonchev–Trinajstić information content (AvgIpc) is 3.33. The third kappa shape index (κ3) is 5.13. The molecule has 0 saturated heterocycles. The molecular weight excluding hydrogens is 542 g/mol. The number of hydrazine groups is 1. The highest BCUT2D eigenvalue weighted by molar-refractivity contribution is 6.10. The third-order valence-electron chi connectivity index (χ3n) is 6.77. The van der Waals surface area contributed by atoms with Crippen molar-refractivity contribution in [1.82, 2.24) is 29.8 Å². The van der Waals surface area contributed by atoms with Crippen molar-refractivity contribution < 1.29 is 27.2 Å². The summed E-state index contributed by atoms with van der Waals surface area (Å²) in [4.78, 5) is 33.8. The maximum Gasteiger partial charge on any atom is 0.433 e. The smallest absolute Gasteiger partial charge is 0.383 e. The fourth-order valence-electron chi connectivity index (χ4n) is 4.47. The number of hydrogen-bond donors (Lipinski definition) is 1. The van der Waals surface area contributed by atoms with E-state index in [9.17, 15) is 22.8 Å². The van der Waals surface area contributed by atoms with Gasteiger partial charge in [-0.25, -0.2) is 14.4 Å². The van der Waals surface area contributed by atoms with Crippen LogP contribution in [-0.2, 0) is 24.6 Å². The first kappa shape index (κ1) is 27.5. The first-order valence-corrected chi connectivity index (χ1v) is 12.2. The Bertz CT molecular complexity index is 1820. The number of carbonyl (C=O) groups is 2. The minimum Gasteiger partial charge on any atom is -0.383 e. The second-order valence-corrected chi connectivity index (χ2v) is 9.40. The van der Waals surface area contributed by atoms with Crippen LogP contribution in [0, 0.1) is 5.82 Å². The van der Waals surface area contributed by atoms with Crippen molar-refractivity contribution in [2.24, 2.45) is 7.05 Å². The molecule has 210 valence electrons. The number of aromatic nitrogens is 4. The van der Waals surface area contributed by atoms with Crippen LogP contribution < -0.4 is 5.73 Å². The van der Waals surface area contributed by atoms with Gasteiger partial charge in [0.2, 0.25) is 5.91 Å². The van der Waals surface area contributed by atoms with E-state index in [1.165, 1.54) is 38.2 Å². The molecule has 0 radical (unpaired) electrons. The molecule has 2 aromatic carbocycles. The lowest BCUT2D eigenvalue weighted by atomic mass is 10.0. The van der Waals surface area contributed by atoms with Gasteiger partial charge in [-0.3, -0.25) is 24.3 Å². The van der Waals surface area contributed by atoms with Crippen molar-refractivity contribution in [3.05, 3.63) is 83.6 Å². The van der Waals surface area contributed by atoms with Gasteiger partial charge in [0.25, 0.3) is 5.91 Å². The first-order valence-electron chi connectivity index (χ1n) is 12.2. The molecular formula is C28H23F4N7O2. The normalized spacial score (nSPS) is 11.7. The molecule has 3 heterocycles. The van der Waals surface area contributed by atoms with Crippen molar-refractivity contribution >= 4 is 39.4 Å². The summed E-state index contributed by atoms with van der Waals surface area (Å²) in [6.45, 7) is 0.967. The predicted octanol–water partition coefficient (Wildman–Crippen LogP) is 4.96. The minimum atomic E-state index is -4.59. The zero-order valence-electron chi connectivity index (χ0n) is 22.1. The maximum atomic E-state index is 15.3. The number of benzene rings is 2. The van der Waals surface area contributed by atoms with Gasteiger partial charge in [-0.2, -0.15) is 18.3 Å². The summed E-state index contributed by atoms with van der Waals surface area (Å²) < 4.78 is 55.4. The van der Waals surface area contributed by atoms with E-state index in [1.54, 1.807) is 30.1 Å². The monoisotopic (exact) mass is 565 g/mol. The van der Waals surface area contributed by atoms with Gasteiger partial charge in [0.1, 0.15) is 17.3 Å². The number of aryl methyl sites for hydroxylation is 1. The molecule has 2 N–H and O–H groups in total. The van der Waals surface area contributed by atoms with Crippen LogP contribution >= 0.6 is 0 Å². The SMILES string of the molecule is CC(=O)N(C)N(Cc1ccc(-c2ccc(C(F)(F)F)nc2)cc1F)C(=O)c1ccc2nc(N)c3cnn(C)c3c2c1. The van der Waals surface area contributed by atoms with Gasteiger partial charge in [-0.1, -0.05) is 18.2 Å². The van der Waals surface area contributed by atoms with Gasteiger partial charge in [-0.05, 0) is 35.9 Å². The van der Waals surface area contributed by atoms with Crippen molar-refractivity contribution in [3.63, 3.8) is 0 Å². The Morgan fingerprint density at radius 2 is 1.73 bits per heavy atom. The van der Waals surface area contributed by atoms with Crippen LogP contribution in [0.4, 0.5) is 23.4 Å². The van der Waals surface area contributed by atoms with E-state index in [4.69, 9.17) is 5.73 Å². The summed E-state index contributed by atoms with van der Waals surface area (Å²) in [5.74, 6) is -1.46. The molecule has 0 bridgehead atoms. The molecule has 2 amide bonds. The lowest BCUT2D eigenvalue weighted by Crippen LogP contribution is -2.46. The number of nitrogens with zero attached hydrogens (tertiary/aromatic N) is 6. The number of carbonyl (C=O) groups excluding carboxylic acids is 2. The lowest BCUT2D eigenvalue weighted by Gasteiger charge is -2.31. The van der Waals surface area contributed by atoms with E-state index in [2.05, 4.69) is 15.1 Å². The number of anilines is 1. The number of fused-ring (bicyclic) bond motifs is 3. The van der Waals surface area contributed by atoms with E-state index in [0.717, 1.165) is 28.3 Å². The zero-order valence-corrected chi connectivity index (χ0v) is 22.1. The molecule has 0 fully saturated rings. The van der Waals surface area contributed by atoms with Crippen LogP contribution in [0.15, 0.2) is 60.9 Å². The molecule has 0 aliphatic rings. The van der Waals surface area contributed by atoms with Crippen LogP contribution in [0.25, 0.3) is 32.9 Å². The fraction of sp³-hybridized carbons (Fsp3) is 0.179. The highest BCUT2D eigenvalue weighted by Crippen LogP contribution is 2.31. The zero-order chi connectivity index (χ0) is 29.6. The first-order chi connectivity index (χ1) is 19.3. The molecule has 41 heavy (non-hydrogen) atoms. The number of rotatable bonds is 4. The Kier molecular flexibility index (Phi) is 6.81. The Balaban J connectivity index is 1.48. The summed E-state index contributed by atoms with van der Waals surface area (Å²) in [6.07, 6.45) is -2.00. The van der Waals surface area contributed by atoms with Crippen LogP contribution in [-0.4, -0.2) is 48.6 Å². The summed E-state index contributed by atoms with van der Waals surface area (Å²) >= 11 is 0. The Morgan fingerprint density at radius 3 is 2.37 bits per heavy atom. The van der Waals surface area contributed by atoms with E-state index in [1.807, 2.05) is 0 Å². The molecule has 5 rings (SSSR count). The topological polar surface area (TPSA) is 110 Å². The fourth-order valence-corrected chi connectivity index (χ4v) is 4.47. The van der Waals surface area contributed by atoms with Crippen LogP contribution in [0.2, 0.25) is 0 Å². The number of pyridine rings is 2. The van der Waals surface area contributed by atoms with Crippen molar-refractivity contribution in [2.75, 3.05) is 12.8 Å². The quantitative estimate of drug-likeness (QED) is 0.244. The van der Waals surface area contributed by atoms with Crippen molar-refractivity contribution in [3.8, 4) is 11.1 Å². The largest absolute Gasteiger partial charge is 0.433 e. The molecule has 0 atom stereocenters. The molecule has 0 spiro atoms. The van der Waals surface area contributed by atoms with Crippen LogP contribution in [0.3, 0.4) is 0 Å². The van der Waals surface area contributed by atoms with Crippen molar-refractivity contribution in [2.45, 2.75) is 19.6 Å².